The fourth-order valence-corrected chi connectivity index (χ4v) is 3.63. The summed E-state index contributed by atoms with van der Waals surface area (Å²) in [6, 6.07) is 1.61. The molecule has 7 heteroatoms. The molecule has 1 amide bonds. The van der Waals surface area contributed by atoms with Gasteiger partial charge in [-0.2, -0.15) is 5.26 Å². The molecule has 25 heavy (non-hydrogen) atoms. The van der Waals surface area contributed by atoms with Crippen LogP contribution in [0.5, 0.6) is 5.75 Å². The second-order valence-corrected chi connectivity index (χ2v) is 6.85. The molecule has 0 aromatic carbocycles. The first-order chi connectivity index (χ1) is 11.9. The molecule has 3 rings (SSSR count). The maximum atomic E-state index is 13.8. The molecule has 0 bridgehead atoms. The van der Waals surface area contributed by atoms with Gasteiger partial charge in [0, 0.05) is 18.0 Å². The van der Waals surface area contributed by atoms with Crippen LogP contribution >= 0.6 is 0 Å². The zero-order valence-corrected chi connectivity index (χ0v) is 14.3. The van der Waals surface area contributed by atoms with E-state index in [4.69, 9.17) is 4.74 Å². The lowest BCUT2D eigenvalue weighted by Crippen LogP contribution is -2.49. The summed E-state index contributed by atoms with van der Waals surface area (Å²) < 4.78 is 33.3. The second-order valence-electron chi connectivity index (χ2n) is 6.85. The van der Waals surface area contributed by atoms with E-state index in [1.165, 1.54) is 18.0 Å². The summed E-state index contributed by atoms with van der Waals surface area (Å²) in [5, 5.41) is 9.25. The molecule has 0 radical (unpaired) electrons. The Balaban J connectivity index is 2.01. The zero-order valence-electron chi connectivity index (χ0n) is 14.3. The molecule has 1 aromatic heterocycles. The molecule has 5 nitrogen and oxygen atoms in total. The van der Waals surface area contributed by atoms with Crippen molar-refractivity contribution in [2.75, 3.05) is 13.2 Å². The fourth-order valence-electron chi connectivity index (χ4n) is 3.63. The summed E-state index contributed by atoms with van der Waals surface area (Å²) in [7, 11) is 0. The zero-order chi connectivity index (χ0) is 18.2. The molecular weight excluding hydrogens is 328 g/mol. The molecule has 2 aliphatic rings. The molecule has 2 heterocycles. The third-order valence-electron chi connectivity index (χ3n) is 5.35. The number of rotatable bonds is 4. The maximum Gasteiger partial charge on any atom is 0.252 e. The molecule has 1 aromatic rings. The topological polar surface area (TPSA) is 66.2 Å². The molecule has 0 spiro atoms. The quantitative estimate of drug-likeness (QED) is 0.836. The Morgan fingerprint density at radius 3 is 2.80 bits per heavy atom. The highest BCUT2D eigenvalue weighted by molar-refractivity contribution is 5.84. The van der Waals surface area contributed by atoms with Crippen molar-refractivity contribution in [3.63, 3.8) is 0 Å². The number of carbonyl (C=O) groups is 1. The van der Waals surface area contributed by atoms with Crippen LogP contribution < -0.4 is 4.74 Å². The van der Waals surface area contributed by atoms with Gasteiger partial charge in [0.15, 0.2) is 0 Å². The Bertz CT molecular complexity index is 711. The van der Waals surface area contributed by atoms with Crippen LogP contribution in [0, 0.1) is 22.7 Å². The molecule has 1 unspecified atom stereocenters. The second kappa shape index (κ2) is 6.58. The average molecular weight is 349 g/mol. The van der Waals surface area contributed by atoms with Crippen molar-refractivity contribution in [2.24, 2.45) is 11.3 Å². The van der Waals surface area contributed by atoms with E-state index >= 15 is 0 Å². The average Bonchev–Trinajstić information content (AvgIpc) is 3.45. The van der Waals surface area contributed by atoms with Crippen LogP contribution in [-0.2, 0) is 4.79 Å². The Labute approximate surface area is 145 Å². The number of pyridine rings is 1. The predicted molar refractivity (Wildman–Crippen MR) is 86.0 cm³/mol. The van der Waals surface area contributed by atoms with Crippen LogP contribution in [0.4, 0.5) is 8.78 Å². The smallest absolute Gasteiger partial charge is 0.252 e. The molecule has 1 fully saturated rings. The van der Waals surface area contributed by atoms with E-state index in [9.17, 15) is 18.8 Å². The van der Waals surface area contributed by atoms with E-state index in [1.54, 1.807) is 6.20 Å². The summed E-state index contributed by atoms with van der Waals surface area (Å²) in [6.45, 7) is 3.64. The third-order valence-corrected chi connectivity index (χ3v) is 5.35. The number of nitriles is 1. The Hall–Kier alpha value is -2.23. The number of nitrogens with zero attached hydrogens (tertiary/aromatic N) is 3. The van der Waals surface area contributed by atoms with Gasteiger partial charge in [-0.05, 0) is 32.1 Å². The number of fused-ring (bicyclic) bond motifs is 1. The first-order valence-corrected chi connectivity index (χ1v) is 8.55. The molecule has 134 valence electrons. The van der Waals surface area contributed by atoms with Crippen molar-refractivity contribution in [2.45, 2.75) is 45.6 Å². The molecular formula is C18H21F2N3O2. The lowest BCUT2D eigenvalue weighted by atomic mass is 9.82. The van der Waals surface area contributed by atoms with Crippen molar-refractivity contribution < 1.29 is 18.3 Å². The van der Waals surface area contributed by atoms with E-state index in [1.807, 2.05) is 13.0 Å². The van der Waals surface area contributed by atoms with Gasteiger partial charge in [-0.3, -0.25) is 9.78 Å². The predicted octanol–water partition coefficient (Wildman–Crippen LogP) is 3.31. The molecule has 2 atom stereocenters. The van der Waals surface area contributed by atoms with Crippen LogP contribution in [-0.4, -0.2) is 35.4 Å². The van der Waals surface area contributed by atoms with Gasteiger partial charge in [0.1, 0.15) is 29.4 Å². The molecule has 0 N–H and O–H groups in total. The van der Waals surface area contributed by atoms with Gasteiger partial charge < -0.3 is 9.64 Å². The number of alkyl halides is 2. The fraction of sp³-hybridized carbons (Fsp3) is 0.611. The van der Waals surface area contributed by atoms with Gasteiger partial charge in [-0.25, -0.2) is 8.78 Å². The molecule has 1 aliphatic heterocycles. The number of halogens is 2. The van der Waals surface area contributed by atoms with Gasteiger partial charge in [0.25, 0.3) is 6.43 Å². The highest BCUT2D eigenvalue weighted by atomic mass is 19.3. The Morgan fingerprint density at radius 2 is 2.24 bits per heavy atom. The number of aromatic nitrogens is 1. The largest absolute Gasteiger partial charge is 0.490 e. The summed E-state index contributed by atoms with van der Waals surface area (Å²) >= 11 is 0. The number of ether oxygens (including phenoxy) is 1. The van der Waals surface area contributed by atoms with Gasteiger partial charge in [-0.1, -0.05) is 6.92 Å². The summed E-state index contributed by atoms with van der Waals surface area (Å²) in [5.74, 6) is -0.398. The van der Waals surface area contributed by atoms with Gasteiger partial charge in [-0.15, -0.1) is 0 Å². The van der Waals surface area contributed by atoms with Crippen molar-refractivity contribution in [3.05, 3.63) is 23.5 Å². The first kappa shape index (κ1) is 17.6. The number of carbonyl (C=O) groups excluding carboxylic acids is 1. The van der Waals surface area contributed by atoms with E-state index in [0.29, 0.717) is 36.1 Å². The van der Waals surface area contributed by atoms with Crippen LogP contribution in [0.2, 0.25) is 0 Å². The summed E-state index contributed by atoms with van der Waals surface area (Å²) in [6.07, 6.45) is 2.11. The molecule has 0 saturated heterocycles. The number of hydrogen-bond donors (Lipinski definition) is 0. The number of hydrogen-bond acceptors (Lipinski definition) is 4. The van der Waals surface area contributed by atoms with Crippen LogP contribution in [0.3, 0.4) is 0 Å². The lowest BCUT2D eigenvalue weighted by Gasteiger charge is -2.37. The van der Waals surface area contributed by atoms with Gasteiger partial charge in [0.2, 0.25) is 5.91 Å². The van der Waals surface area contributed by atoms with Crippen molar-refractivity contribution in [3.8, 4) is 11.8 Å². The van der Waals surface area contributed by atoms with Crippen LogP contribution in [0.15, 0.2) is 12.4 Å². The molecule has 1 saturated carbocycles. The Kier molecular flexibility index (Phi) is 4.63. The van der Waals surface area contributed by atoms with E-state index in [2.05, 4.69) is 4.98 Å². The highest BCUT2D eigenvalue weighted by Gasteiger charge is 2.56. The maximum absolute atomic E-state index is 13.8. The lowest BCUT2D eigenvalue weighted by molar-refractivity contribution is -0.156. The van der Waals surface area contributed by atoms with E-state index in [0.717, 1.165) is 0 Å². The third kappa shape index (κ3) is 2.84. The minimum absolute atomic E-state index is 0.165. The van der Waals surface area contributed by atoms with E-state index in [-0.39, 0.29) is 19.1 Å². The van der Waals surface area contributed by atoms with Crippen LogP contribution in [0.1, 0.15) is 50.3 Å². The van der Waals surface area contributed by atoms with E-state index < -0.39 is 23.8 Å². The summed E-state index contributed by atoms with van der Waals surface area (Å²) in [5.41, 5.74) is -0.762. The standard InChI is InChI=1S/C18H21F2N3O2/c1-3-14-13-10-22-9-11(8-21)15(13)25-7-6-23(14)17(24)18(2,16(19)20)12-4-5-12/h9-10,12,14,16H,3-7H2,1-2H3/t14-,18?/m0/s1. The van der Waals surface area contributed by atoms with Crippen molar-refractivity contribution >= 4 is 5.91 Å². The minimum atomic E-state index is -2.71. The molecule has 1 aliphatic carbocycles. The normalized spacial score (nSPS) is 22.4. The number of amides is 1. The van der Waals surface area contributed by atoms with Gasteiger partial charge >= 0.3 is 0 Å². The van der Waals surface area contributed by atoms with Crippen molar-refractivity contribution in [1.82, 2.24) is 9.88 Å². The SMILES string of the molecule is CC[C@H]1c2cncc(C#N)c2OCCN1C(=O)C(C)(C(F)F)C1CC1. The highest BCUT2D eigenvalue weighted by Crippen LogP contribution is 2.51. The van der Waals surface area contributed by atoms with Crippen LogP contribution in [0.25, 0.3) is 0 Å². The van der Waals surface area contributed by atoms with Gasteiger partial charge in [0.05, 0.1) is 12.6 Å². The monoisotopic (exact) mass is 349 g/mol. The first-order valence-electron chi connectivity index (χ1n) is 8.55. The minimum Gasteiger partial charge on any atom is -0.490 e. The summed E-state index contributed by atoms with van der Waals surface area (Å²) in [4.78, 5) is 18.7. The van der Waals surface area contributed by atoms with Crippen molar-refractivity contribution in [1.29, 1.82) is 5.26 Å². The Morgan fingerprint density at radius 1 is 1.52 bits per heavy atom.